The Labute approximate surface area is 107 Å². The van der Waals surface area contributed by atoms with Crippen LogP contribution in [0.4, 0.5) is 0 Å². The Morgan fingerprint density at radius 3 is 2.19 bits per heavy atom. The first-order valence-electron chi connectivity index (χ1n) is 4.28. The van der Waals surface area contributed by atoms with Crippen LogP contribution >= 0.6 is 34.8 Å². The molecule has 0 saturated heterocycles. The minimum atomic E-state index is 0.0528. The smallest absolute Gasteiger partial charge is 0.196 e. The van der Waals surface area contributed by atoms with Gasteiger partial charge in [-0.05, 0) is 12.1 Å². The Kier molecular flexibility index (Phi) is 3.49. The number of ether oxygens (including phenoxy) is 1. The minimum Gasteiger partial charge on any atom is -0.452 e. The van der Waals surface area contributed by atoms with E-state index >= 15 is 0 Å². The van der Waals surface area contributed by atoms with E-state index < -0.39 is 0 Å². The topological polar surface area (TPSA) is 35.0 Å². The Bertz CT molecular complexity index is 505. The Balaban J connectivity index is 2.38. The predicted molar refractivity (Wildman–Crippen MR) is 63.6 cm³/mol. The average Bonchev–Trinajstić information content (AvgIpc) is 2.31. The summed E-state index contributed by atoms with van der Waals surface area (Å²) in [6.45, 7) is 0. The molecule has 2 aromatic rings. The fraction of sp³-hybridized carbons (Fsp3) is 0. The first-order chi connectivity index (χ1) is 7.68. The van der Waals surface area contributed by atoms with E-state index in [1.807, 2.05) is 18.2 Å². The Morgan fingerprint density at radius 2 is 1.50 bits per heavy atom. The zero-order valence-corrected chi connectivity index (χ0v) is 10.1. The molecule has 0 atom stereocenters. The molecular formula is C10H5Cl3N2O. The predicted octanol–water partition coefficient (Wildman–Crippen LogP) is 4.23. The molecule has 1 aromatic carbocycles. The van der Waals surface area contributed by atoms with Gasteiger partial charge in [0.05, 0.1) is 0 Å². The van der Waals surface area contributed by atoms with Crippen LogP contribution in [0.15, 0.2) is 30.3 Å². The highest BCUT2D eigenvalue weighted by Gasteiger charge is 2.14. The summed E-state index contributed by atoms with van der Waals surface area (Å²) in [5, 5.41) is 7.43. The van der Waals surface area contributed by atoms with E-state index in [9.17, 15) is 0 Å². The first-order valence-corrected chi connectivity index (χ1v) is 5.42. The van der Waals surface area contributed by atoms with Gasteiger partial charge in [-0.1, -0.05) is 53.0 Å². The van der Waals surface area contributed by atoms with Gasteiger partial charge in [-0.25, -0.2) is 0 Å². The molecule has 3 nitrogen and oxygen atoms in total. The molecule has 82 valence electrons. The number of halogens is 3. The minimum absolute atomic E-state index is 0.0528. The van der Waals surface area contributed by atoms with E-state index in [0.29, 0.717) is 5.75 Å². The van der Waals surface area contributed by atoms with Crippen molar-refractivity contribution in [2.24, 2.45) is 0 Å². The molecule has 0 unspecified atom stereocenters. The summed E-state index contributed by atoms with van der Waals surface area (Å²) in [4.78, 5) is 0. The van der Waals surface area contributed by atoms with Crippen molar-refractivity contribution in [3.8, 4) is 11.5 Å². The van der Waals surface area contributed by atoms with E-state index in [2.05, 4.69) is 10.2 Å². The van der Waals surface area contributed by atoms with Crippen molar-refractivity contribution >= 4 is 34.8 Å². The van der Waals surface area contributed by atoms with Crippen LogP contribution in [-0.4, -0.2) is 10.2 Å². The molecule has 0 N–H and O–H groups in total. The molecule has 2 rings (SSSR count). The third-order valence-electron chi connectivity index (χ3n) is 1.76. The summed E-state index contributed by atoms with van der Waals surface area (Å²) < 4.78 is 5.47. The molecule has 1 aromatic heterocycles. The SMILES string of the molecule is Clc1nnc(Cl)c(Oc2ccccc2)c1Cl. The van der Waals surface area contributed by atoms with Crippen LogP contribution in [0.1, 0.15) is 0 Å². The van der Waals surface area contributed by atoms with Crippen molar-refractivity contribution in [3.63, 3.8) is 0 Å². The Hall–Kier alpha value is -1.03. The van der Waals surface area contributed by atoms with Crippen LogP contribution in [-0.2, 0) is 0 Å². The molecule has 0 fully saturated rings. The van der Waals surface area contributed by atoms with Crippen molar-refractivity contribution in [1.29, 1.82) is 0 Å². The third kappa shape index (κ3) is 2.38. The molecule has 0 aliphatic carbocycles. The van der Waals surface area contributed by atoms with Gasteiger partial charge in [-0.3, -0.25) is 0 Å². The fourth-order valence-corrected chi connectivity index (χ4v) is 1.56. The van der Waals surface area contributed by atoms with Gasteiger partial charge < -0.3 is 4.74 Å². The lowest BCUT2D eigenvalue weighted by Gasteiger charge is -2.08. The highest BCUT2D eigenvalue weighted by Crippen LogP contribution is 2.37. The lowest BCUT2D eigenvalue weighted by Crippen LogP contribution is -1.92. The molecule has 16 heavy (non-hydrogen) atoms. The highest BCUT2D eigenvalue weighted by atomic mass is 35.5. The average molecular weight is 276 g/mol. The molecule has 6 heteroatoms. The molecule has 0 aliphatic rings. The maximum Gasteiger partial charge on any atom is 0.196 e. The van der Waals surface area contributed by atoms with Crippen molar-refractivity contribution in [2.75, 3.05) is 0 Å². The maximum atomic E-state index is 5.90. The monoisotopic (exact) mass is 274 g/mol. The number of nitrogens with zero attached hydrogens (tertiary/aromatic N) is 2. The van der Waals surface area contributed by atoms with E-state index in [0.717, 1.165) is 0 Å². The van der Waals surface area contributed by atoms with Crippen LogP contribution in [0, 0.1) is 0 Å². The molecule has 1 heterocycles. The lowest BCUT2D eigenvalue weighted by molar-refractivity contribution is 0.479. The summed E-state index contributed by atoms with van der Waals surface area (Å²) in [6, 6.07) is 9.05. The number of rotatable bonds is 2. The second kappa shape index (κ2) is 4.87. The van der Waals surface area contributed by atoms with Crippen LogP contribution in [0.2, 0.25) is 15.3 Å². The molecule has 0 aliphatic heterocycles. The van der Waals surface area contributed by atoms with Gasteiger partial charge in [-0.15, -0.1) is 10.2 Å². The number of para-hydroxylation sites is 1. The fourth-order valence-electron chi connectivity index (χ4n) is 1.05. The van der Waals surface area contributed by atoms with Crippen molar-refractivity contribution in [1.82, 2.24) is 10.2 Å². The Morgan fingerprint density at radius 1 is 0.875 bits per heavy atom. The maximum absolute atomic E-state index is 5.90. The van der Waals surface area contributed by atoms with E-state index in [-0.39, 0.29) is 21.1 Å². The molecule has 0 bridgehead atoms. The second-order valence-corrected chi connectivity index (χ2v) is 3.93. The summed E-state index contributed by atoms with van der Waals surface area (Å²) in [5.74, 6) is 0.796. The molecule has 0 saturated carbocycles. The van der Waals surface area contributed by atoms with E-state index in [4.69, 9.17) is 39.5 Å². The second-order valence-electron chi connectivity index (χ2n) is 2.84. The highest BCUT2D eigenvalue weighted by molar-refractivity contribution is 6.43. The van der Waals surface area contributed by atoms with Crippen LogP contribution in [0.3, 0.4) is 0 Å². The van der Waals surface area contributed by atoms with Gasteiger partial charge in [0.2, 0.25) is 0 Å². The van der Waals surface area contributed by atoms with Gasteiger partial charge in [-0.2, -0.15) is 0 Å². The zero-order chi connectivity index (χ0) is 11.5. The normalized spacial score (nSPS) is 10.2. The number of aromatic nitrogens is 2. The van der Waals surface area contributed by atoms with Crippen LogP contribution in [0.5, 0.6) is 11.5 Å². The van der Waals surface area contributed by atoms with Gasteiger partial charge in [0.15, 0.2) is 16.1 Å². The van der Waals surface area contributed by atoms with E-state index in [1.54, 1.807) is 12.1 Å². The standard InChI is InChI=1S/C10H5Cl3N2O/c11-7-8(10(13)15-14-9(7)12)16-6-4-2-1-3-5-6/h1-5H. The van der Waals surface area contributed by atoms with Crippen LogP contribution in [0.25, 0.3) is 0 Å². The van der Waals surface area contributed by atoms with Crippen LogP contribution < -0.4 is 4.74 Å². The van der Waals surface area contributed by atoms with E-state index in [1.165, 1.54) is 0 Å². The van der Waals surface area contributed by atoms with Gasteiger partial charge >= 0.3 is 0 Å². The van der Waals surface area contributed by atoms with Gasteiger partial charge in [0, 0.05) is 0 Å². The number of hydrogen-bond acceptors (Lipinski definition) is 3. The summed E-state index contributed by atoms with van der Waals surface area (Å²) in [5.41, 5.74) is 0. The molecule has 0 amide bonds. The van der Waals surface area contributed by atoms with Crippen molar-refractivity contribution in [3.05, 3.63) is 45.7 Å². The first kappa shape index (κ1) is 11.5. The third-order valence-corrected chi connectivity index (χ3v) is 2.72. The molecular weight excluding hydrogens is 270 g/mol. The van der Waals surface area contributed by atoms with Crippen molar-refractivity contribution in [2.45, 2.75) is 0 Å². The lowest BCUT2D eigenvalue weighted by atomic mass is 10.3. The summed E-state index contributed by atoms with van der Waals surface area (Å²) in [7, 11) is 0. The van der Waals surface area contributed by atoms with Gasteiger partial charge in [0.25, 0.3) is 0 Å². The number of benzene rings is 1. The van der Waals surface area contributed by atoms with Crippen molar-refractivity contribution < 1.29 is 4.74 Å². The molecule has 0 spiro atoms. The largest absolute Gasteiger partial charge is 0.452 e. The number of hydrogen-bond donors (Lipinski definition) is 0. The zero-order valence-electron chi connectivity index (χ0n) is 7.82. The van der Waals surface area contributed by atoms with Gasteiger partial charge in [0.1, 0.15) is 10.8 Å². The summed E-state index contributed by atoms with van der Waals surface area (Å²) in [6.07, 6.45) is 0. The summed E-state index contributed by atoms with van der Waals surface area (Å²) >= 11 is 17.4. The molecule has 0 radical (unpaired) electrons. The quantitative estimate of drug-likeness (QED) is 0.822.